The molecule has 0 aromatic heterocycles. The van der Waals surface area contributed by atoms with Crippen LogP contribution in [0.1, 0.15) is 30.9 Å². The highest BCUT2D eigenvalue weighted by atomic mass is 19.2. The fourth-order valence-corrected chi connectivity index (χ4v) is 2.54. The van der Waals surface area contributed by atoms with E-state index in [4.69, 9.17) is 20.5 Å². The van der Waals surface area contributed by atoms with Crippen LogP contribution in [0.3, 0.4) is 0 Å². The topological polar surface area (TPSA) is 109 Å². The fourth-order valence-electron chi connectivity index (χ4n) is 2.54. The van der Waals surface area contributed by atoms with Crippen LogP contribution in [0.2, 0.25) is 0 Å². The molecular formula is C17H13F2N3O3. The van der Waals surface area contributed by atoms with Crippen molar-refractivity contribution in [2.45, 2.75) is 19.8 Å². The number of halogens is 2. The van der Waals surface area contributed by atoms with Crippen molar-refractivity contribution in [1.82, 2.24) is 0 Å². The van der Waals surface area contributed by atoms with Crippen LogP contribution in [0.5, 0.6) is 0 Å². The smallest absolute Gasteiger partial charge is 0.338 e. The SMILES string of the molecule is CCOC(=O)C1=C(C)OC(N)=C(C#N)C1c1ccc(C#N)c(F)c1F. The van der Waals surface area contributed by atoms with Crippen molar-refractivity contribution in [3.05, 3.63) is 57.7 Å². The van der Waals surface area contributed by atoms with Gasteiger partial charge in [0.15, 0.2) is 11.6 Å². The lowest BCUT2D eigenvalue weighted by atomic mass is 9.82. The van der Waals surface area contributed by atoms with Gasteiger partial charge >= 0.3 is 5.97 Å². The van der Waals surface area contributed by atoms with E-state index in [9.17, 15) is 18.8 Å². The molecular weight excluding hydrogens is 332 g/mol. The molecule has 0 amide bonds. The molecule has 2 N–H and O–H groups in total. The normalized spacial score (nSPS) is 16.8. The van der Waals surface area contributed by atoms with Gasteiger partial charge in [-0.05, 0) is 19.9 Å². The summed E-state index contributed by atoms with van der Waals surface area (Å²) < 4.78 is 38.6. The van der Waals surface area contributed by atoms with Gasteiger partial charge in [-0.25, -0.2) is 13.6 Å². The Labute approximate surface area is 142 Å². The van der Waals surface area contributed by atoms with Crippen LogP contribution >= 0.6 is 0 Å². The maximum absolute atomic E-state index is 14.5. The molecule has 1 aliphatic heterocycles. The van der Waals surface area contributed by atoms with Gasteiger partial charge in [-0.15, -0.1) is 0 Å². The van der Waals surface area contributed by atoms with Crippen LogP contribution in [0.15, 0.2) is 34.9 Å². The molecule has 1 aromatic rings. The van der Waals surface area contributed by atoms with Crippen LogP contribution in [0.25, 0.3) is 0 Å². The van der Waals surface area contributed by atoms with Gasteiger partial charge in [-0.2, -0.15) is 10.5 Å². The van der Waals surface area contributed by atoms with Gasteiger partial charge in [0, 0.05) is 5.56 Å². The van der Waals surface area contributed by atoms with Crippen molar-refractivity contribution < 1.29 is 23.0 Å². The Balaban J connectivity index is 2.74. The summed E-state index contributed by atoms with van der Waals surface area (Å²) in [5.41, 5.74) is 4.44. The minimum Gasteiger partial charge on any atom is -0.463 e. The standard InChI is InChI=1S/C17H13F2N3O3/c1-3-24-17(23)12-8(2)25-16(22)11(7-21)13(12)10-5-4-9(6-20)14(18)15(10)19/h4-5,13H,3,22H2,1-2H3. The summed E-state index contributed by atoms with van der Waals surface area (Å²) in [5.74, 6) is -5.16. The van der Waals surface area contributed by atoms with Gasteiger partial charge in [0.2, 0.25) is 5.88 Å². The number of carbonyl (C=O) groups excluding carboxylic acids is 1. The highest BCUT2D eigenvalue weighted by Gasteiger charge is 2.38. The molecule has 1 aliphatic rings. The first-order chi connectivity index (χ1) is 11.9. The largest absolute Gasteiger partial charge is 0.463 e. The Morgan fingerprint density at radius 1 is 1.32 bits per heavy atom. The number of nitrogens with two attached hydrogens (primary N) is 1. The van der Waals surface area contributed by atoms with E-state index in [1.165, 1.54) is 13.0 Å². The third kappa shape index (κ3) is 3.02. The lowest BCUT2D eigenvalue weighted by Gasteiger charge is -2.27. The summed E-state index contributed by atoms with van der Waals surface area (Å²) >= 11 is 0. The predicted molar refractivity (Wildman–Crippen MR) is 81.1 cm³/mol. The first-order valence-corrected chi connectivity index (χ1v) is 7.20. The Bertz CT molecular complexity index is 892. The highest BCUT2D eigenvalue weighted by molar-refractivity contribution is 5.92. The van der Waals surface area contributed by atoms with E-state index in [2.05, 4.69) is 0 Å². The molecule has 6 nitrogen and oxygen atoms in total. The maximum Gasteiger partial charge on any atom is 0.338 e. The summed E-state index contributed by atoms with van der Waals surface area (Å²) in [6, 6.07) is 5.47. The molecule has 0 radical (unpaired) electrons. The van der Waals surface area contributed by atoms with Crippen molar-refractivity contribution in [3.8, 4) is 12.1 Å². The summed E-state index contributed by atoms with van der Waals surface area (Å²) in [4.78, 5) is 12.3. The third-order valence-electron chi connectivity index (χ3n) is 3.64. The number of ether oxygens (including phenoxy) is 2. The molecule has 0 aliphatic carbocycles. The van der Waals surface area contributed by atoms with E-state index >= 15 is 0 Å². The zero-order chi connectivity index (χ0) is 18.7. The van der Waals surface area contributed by atoms with E-state index in [1.807, 2.05) is 0 Å². The molecule has 1 heterocycles. The third-order valence-corrected chi connectivity index (χ3v) is 3.64. The molecule has 128 valence electrons. The molecule has 1 atom stereocenters. The Kier molecular flexibility index (Phi) is 5.04. The zero-order valence-electron chi connectivity index (χ0n) is 13.4. The second-order valence-electron chi connectivity index (χ2n) is 5.06. The predicted octanol–water partition coefficient (Wildman–Crippen LogP) is 2.48. The Hall–Kier alpha value is -3.39. The Morgan fingerprint density at radius 3 is 2.56 bits per heavy atom. The number of benzene rings is 1. The lowest BCUT2D eigenvalue weighted by molar-refractivity contribution is -0.139. The van der Waals surface area contributed by atoms with Crippen molar-refractivity contribution in [1.29, 1.82) is 10.5 Å². The van der Waals surface area contributed by atoms with Gasteiger partial charge in [0.05, 0.1) is 23.7 Å². The minimum atomic E-state index is -1.37. The monoisotopic (exact) mass is 345 g/mol. The van der Waals surface area contributed by atoms with Gasteiger partial charge < -0.3 is 15.2 Å². The summed E-state index contributed by atoms with van der Waals surface area (Å²) in [5, 5.41) is 18.2. The second-order valence-corrected chi connectivity index (χ2v) is 5.06. The molecule has 0 bridgehead atoms. The highest BCUT2D eigenvalue weighted by Crippen LogP contribution is 2.41. The van der Waals surface area contributed by atoms with Crippen molar-refractivity contribution in [3.63, 3.8) is 0 Å². The van der Waals surface area contributed by atoms with Crippen molar-refractivity contribution in [2.75, 3.05) is 6.61 Å². The van der Waals surface area contributed by atoms with E-state index < -0.39 is 29.1 Å². The molecule has 8 heteroatoms. The molecule has 0 spiro atoms. The van der Waals surface area contributed by atoms with Gasteiger partial charge in [-0.1, -0.05) is 6.07 Å². The van der Waals surface area contributed by atoms with Crippen LogP contribution in [-0.4, -0.2) is 12.6 Å². The van der Waals surface area contributed by atoms with Gasteiger partial charge in [-0.3, -0.25) is 0 Å². The number of allylic oxidation sites excluding steroid dienone is 2. The number of hydrogen-bond acceptors (Lipinski definition) is 6. The summed E-state index contributed by atoms with van der Waals surface area (Å²) in [7, 11) is 0. The quantitative estimate of drug-likeness (QED) is 0.843. The number of esters is 1. The number of carbonyl (C=O) groups is 1. The average molecular weight is 345 g/mol. The average Bonchev–Trinajstić information content (AvgIpc) is 2.57. The van der Waals surface area contributed by atoms with Crippen LogP contribution in [-0.2, 0) is 14.3 Å². The molecule has 0 fully saturated rings. The van der Waals surface area contributed by atoms with E-state index in [0.29, 0.717) is 0 Å². The fraction of sp³-hybridized carbons (Fsp3) is 0.235. The maximum atomic E-state index is 14.5. The van der Waals surface area contributed by atoms with Crippen molar-refractivity contribution >= 4 is 5.97 Å². The van der Waals surface area contributed by atoms with E-state index in [0.717, 1.165) is 12.1 Å². The number of hydrogen-bond donors (Lipinski definition) is 1. The molecule has 0 saturated heterocycles. The number of rotatable bonds is 3. The number of nitrogens with zero attached hydrogens (tertiary/aromatic N) is 2. The Morgan fingerprint density at radius 2 is 2.00 bits per heavy atom. The first kappa shape index (κ1) is 18.0. The zero-order valence-corrected chi connectivity index (χ0v) is 13.4. The van der Waals surface area contributed by atoms with Crippen LogP contribution in [0.4, 0.5) is 8.78 Å². The minimum absolute atomic E-state index is 0.0177. The number of nitriles is 2. The van der Waals surface area contributed by atoms with Crippen molar-refractivity contribution in [2.24, 2.45) is 5.73 Å². The molecule has 0 saturated carbocycles. The van der Waals surface area contributed by atoms with Crippen LogP contribution < -0.4 is 5.73 Å². The van der Waals surface area contributed by atoms with Gasteiger partial charge in [0.25, 0.3) is 0 Å². The lowest BCUT2D eigenvalue weighted by Crippen LogP contribution is -2.26. The van der Waals surface area contributed by atoms with E-state index in [1.54, 1.807) is 13.0 Å². The molecule has 1 aromatic carbocycles. The van der Waals surface area contributed by atoms with E-state index in [-0.39, 0.29) is 35.0 Å². The molecule has 2 rings (SSSR count). The van der Waals surface area contributed by atoms with Gasteiger partial charge in [0.1, 0.15) is 23.5 Å². The summed E-state index contributed by atoms with van der Waals surface area (Å²) in [6.45, 7) is 3.01. The second kappa shape index (κ2) is 7.02. The first-order valence-electron chi connectivity index (χ1n) is 7.20. The summed E-state index contributed by atoms with van der Waals surface area (Å²) in [6.07, 6.45) is 0. The molecule has 25 heavy (non-hydrogen) atoms. The molecule has 1 unspecified atom stereocenters. The van der Waals surface area contributed by atoms with Crippen LogP contribution in [0, 0.1) is 34.3 Å².